The van der Waals surface area contributed by atoms with Gasteiger partial charge in [0.05, 0.1) is 12.2 Å². The maximum atomic E-state index is 4.41. The van der Waals surface area contributed by atoms with Gasteiger partial charge in [-0.15, -0.1) is 0 Å². The van der Waals surface area contributed by atoms with Crippen LogP contribution in [0.1, 0.15) is 32.0 Å². The standard InChI is InChI=1S/C15H20BrN3/c1-15(2,3)17-10-13-8-9-18-19(13)11-12-6-4-5-7-14(12)16/h4-9,17H,10-11H2,1-3H3. The predicted molar refractivity (Wildman–Crippen MR) is 82.1 cm³/mol. The number of hydrogen-bond donors (Lipinski definition) is 1. The molecule has 0 bridgehead atoms. The van der Waals surface area contributed by atoms with E-state index >= 15 is 0 Å². The fraction of sp³-hybridized carbons (Fsp3) is 0.400. The van der Waals surface area contributed by atoms with Gasteiger partial charge in [0.15, 0.2) is 0 Å². The van der Waals surface area contributed by atoms with Gasteiger partial charge in [0.1, 0.15) is 0 Å². The van der Waals surface area contributed by atoms with Gasteiger partial charge in [-0.25, -0.2) is 0 Å². The maximum absolute atomic E-state index is 4.41. The Balaban J connectivity index is 2.10. The van der Waals surface area contributed by atoms with Gasteiger partial charge < -0.3 is 5.32 Å². The van der Waals surface area contributed by atoms with Crippen molar-refractivity contribution in [2.75, 3.05) is 0 Å². The molecule has 0 saturated heterocycles. The van der Waals surface area contributed by atoms with E-state index in [4.69, 9.17) is 0 Å². The van der Waals surface area contributed by atoms with Crippen molar-refractivity contribution < 1.29 is 0 Å². The van der Waals surface area contributed by atoms with Crippen LogP contribution < -0.4 is 5.32 Å². The van der Waals surface area contributed by atoms with Crippen LogP contribution in [-0.2, 0) is 13.1 Å². The minimum absolute atomic E-state index is 0.114. The number of rotatable bonds is 4. The molecule has 1 aromatic heterocycles. The summed E-state index contributed by atoms with van der Waals surface area (Å²) in [5.74, 6) is 0. The van der Waals surface area contributed by atoms with Gasteiger partial charge in [0.25, 0.3) is 0 Å². The van der Waals surface area contributed by atoms with Gasteiger partial charge in [-0.1, -0.05) is 34.1 Å². The van der Waals surface area contributed by atoms with Crippen LogP contribution in [0.5, 0.6) is 0 Å². The van der Waals surface area contributed by atoms with Crippen LogP contribution in [0.3, 0.4) is 0 Å². The highest BCUT2D eigenvalue weighted by Crippen LogP contribution is 2.17. The summed E-state index contributed by atoms with van der Waals surface area (Å²) in [7, 11) is 0. The van der Waals surface area contributed by atoms with E-state index in [1.54, 1.807) is 0 Å². The first kappa shape index (κ1) is 14.3. The third kappa shape index (κ3) is 4.18. The lowest BCUT2D eigenvalue weighted by Gasteiger charge is -2.21. The number of halogens is 1. The molecule has 1 N–H and O–H groups in total. The molecule has 0 radical (unpaired) electrons. The normalized spacial score (nSPS) is 11.8. The van der Waals surface area contributed by atoms with Crippen LogP contribution >= 0.6 is 15.9 Å². The summed E-state index contributed by atoms with van der Waals surface area (Å²) in [6, 6.07) is 10.3. The Kier molecular flexibility index (Phi) is 4.42. The molecule has 0 spiro atoms. The summed E-state index contributed by atoms with van der Waals surface area (Å²) in [6.07, 6.45) is 1.86. The average Bonchev–Trinajstić information content (AvgIpc) is 2.76. The van der Waals surface area contributed by atoms with E-state index in [0.29, 0.717) is 0 Å². The molecule has 1 aromatic carbocycles. The molecule has 19 heavy (non-hydrogen) atoms. The first-order valence-electron chi connectivity index (χ1n) is 6.45. The maximum Gasteiger partial charge on any atom is 0.0674 e. The van der Waals surface area contributed by atoms with Crippen LogP contribution in [0.4, 0.5) is 0 Å². The Labute approximate surface area is 123 Å². The SMILES string of the molecule is CC(C)(C)NCc1ccnn1Cc1ccccc1Br. The van der Waals surface area contributed by atoms with Gasteiger partial charge in [0, 0.05) is 22.8 Å². The second-order valence-corrected chi connectivity index (χ2v) is 6.53. The zero-order chi connectivity index (χ0) is 13.9. The van der Waals surface area contributed by atoms with Crippen molar-refractivity contribution in [3.05, 3.63) is 52.3 Å². The van der Waals surface area contributed by atoms with Gasteiger partial charge >= 0.3 is 0 Å². The van der Waals surface area contributed by atoms with Crippen molar-refractivity contribution in [3.8, 4) is 0 Å². The molecule has 0 amide bonds. The summed E-state index contributed by atoms with van der Waals surface area (Å²) in [6.45, 7) is 8.12. The molecule has 0 saturated carbocycles. The van der Waals surface area contributed by atoms with E-state index in [1.165, 1.54) is 11.3 Å². The molecule has 102 valence electrons. The van der Waals surface area contributed by atoms with Crippen LogP contribution in [0.25, 0.3) is 0 Å². The molecule has 2 aromatic rings. The number of hydrogen-bond acceptors (Lipinski definition) is 2. The molecule has 4 heteroatoms. The van der Waals surface area contributed by atoms with Crippen molar-refractivity contribution in [1.29, 1.82) is 0 Å². The minimum Gasteiger partial charge on any atom is -0.306 e. The van der Waals surface area contributed by atoms with Gasteiger partial charge in [-0.3, -0.25) is 4.68 Å². The molecule has 1 heterocycles. The first-order chi connectivity index (χ1) is 8.96. The molecule has 0 aliphatic heterocycles. The Morgan fingerprint density at radius 2 is 1.95 bits per heavy atom. The largest absolute Gasteiger partial charge is 0.306 e. The summed E-state index contributed by atoms with van der Waals surface area (Å²) in [5.41, 5.74) is 2.55. The molecule has 2 rings (SSSR count). The van der Waals surface area contributed by atoms with Crippen LogP contribution in [0, 0.1) is 0 Å². The average molecular weight is 322 g/mol. The number of aromatic nitrogens is 2. The number of nitrogens with zero attached hydrogens (tertiary/aromatic N) is 2. The van der Waals surface area contributed by atoms with E-state index in [2.05, 4.69) is 71.4 Å². The lowest BCUT2D eigenvalue weighted by molar-refractivity contribution is 0.414. The minimum atomic E-state index is 0.114. The monoisotopic (exact) mass is 321 g/mol. The number of nitrogens with one attached hydrogen (secondary N) is 1. The molecule has 0 unspecified atom stereocenters. The summed E-state index contributed by atoms with van der Waals surface area (Å²) >= 11 is 3.58. The molecule has 0 atom stereocenters. The second-order valence-electron chi connectivity index (χ2n) is 5.68. The zero-order valence-corrected chi connectivity index (χ0v) is 13.2. The Hall–Kier alpha value is -1.13. The van der Waals surface area contributed by atoms with Crippen LogP contribution in [0.2, 0.25) is 0 Å². The quantitative estimate of drug-likeness (QED) is 0.932. The zero-order valence-electron chi connectivity index (χ0n) is 11.7. The van der Waals surface area contributed by atoms with Crippen molar-refractivity contribution >= 4 is 15.9 Å². The molecular weight excluding hydrogens is 302 g/mol. The van der Waals surface area contributed by atoms with Gasteiger partial charge in [-0.05, 0) is 38.5 Å². The fourth-order valence-electron chi connectivity index (χ4n) is 1.80. The first-order valence-corrected chi connectivity index (χ1v) is 7.24. The van der Waals surface area contributed by atoms with Crippen molar-refractivity contribution in [3.63, 3.8) is 0 Å². The summed E-state index contributed by atoms with van der Waals surface area (Å²) in [4.78, 5) is 0. The topological polar surface area (TPSA) is 29.9 Å². The summed E-state index contributed by atoms with van der Waals surface area (Å²) < 4.78 is 3.17. The predicted octanol–water partition coefficient (Wildman–Crippen LogP) is 3.58. The van der Waals surface area contributed by atoms with E-state index in [-0.39, 0.29) is 5.54 Å². The van der Waals surface area contributed by atoms with E-state index < -0.39 is 0 Å². The molecule has 0 aliphatic rings. The highest BCUT2D eigenvalue weighted by atomic mass is 79.9. The van der Waals surface area contributed by atoms with Gasteiger partial charge in [0.2, 0.25) is 0 Å². The van der Waals surface area contributed by atoms with Gasteiger partial charge in [-0.2, -0.15) is 5.10 Å². The summed E-state index contributed by atoms with van der Waals surface area (Å²) in [5, 5.41) is 7.90. The van der Waals surface area contributed by atoms with E-state index in [9.17, 15) is 0 Å². The highest BCUT2D eigenvalue weighted by Gasteiger charge is 2.11. The molecular formula is C15H20BrN3. The Morgan fingerprint density at radius 3 is 2.63 bits per heavy atom. The van der Waals surface area contributed by atoms with Crippen LogP contribution in [-0.4, -0.2) is 15.3 Å². The van der Waals surface area contributed by atoms with E-state index in [1.807, 2.05) is 16.9 Å². The lowest BCUT2D eigenvalue weighted by atomic mass is 10.1. The third-order valence-electron chi connectivity index (χ3n) is 2.88. The third-order valence-corrected chi connectivity index (χ3v) is 3.66. The van der Waals surface area contributed by atoms with E-state index in [0.717, 1.165) is 17.6 Å². The second kappa shape index (κ2) is 5.88. The van der Waals surface area contributed by atoms with Crippen molar-refractivity contribution in [2.24, 2.45) is 0 Å². The smallest absolute Gasteiger partial charge is 0.0674 e. The van der Waals surface area contributed by atoms with Crippen molar-refractivity contribution in [1.82, 2.24) is 15.1 Å². The fourth-order valence-corrected chi connectivity index (χ4v) is 2.21. The molecule has 0 fully saturated rings. The lowest BCUT2D eigenvalue weighted by Crippen LogP contribution is -2.35. The Morgan fingerprint density at radius 1 is 1.21 bits per heavy atom. The van der Waals surface area contributed by atoms with Crippen LogP contribution in [0.15, 0.2) is 41.0 Å². The Bertz CT molecular complexity index is 540. The molecule has 0 aliphatic carbocycles. The molecule has 3 nitrogen and oxygen atoms in total. The number of benzene rings is 1. The highest BCUT2D eigenvalue weighted by molar-refractivity contribution is 9.10. The van der Waals surface area contributed by atoms with Crippen molar-refractivity contribution in [2.45, 2.75) is 39.4 Å².